The van der Waals surface area contributed by atoms with Crippen molar-refractivity contribution >= 4 is 66.9 Å². The fourth-order valence-corrected chi connectivity index (χ4v) is 9.21. The number of anilines is 2. The molecule has 8 aromatic rings. The number of nitrogens with zero attached hydrogens (tertiary/aromatic N) is 4. The van der Waals surface area contributed by atoms with Crippen LogP contribution in [0.4, 0.5) is 11.6 Å². The van der Waals surface area contributed by atoms with Gasteiger partial charge in [0.2, 0.25) is 5.95 Å². The number of fused-ring (bicyclic) bond motifs is 10. The maximum absolute atomic E-state index is 5.42. The first-order valence-corrected chi connectivity index (χ1v) is 16.9. The van der Waals surface area contributed by atoms with Gasteiger partial charge in [0.1, 0.15) is 0 Å². The number of hydrogen-bond donors (Lipinski definition) is 0. The fourth-order valence-electron chi connectivity index (χ4n) is 8.10. The van der Waals surface area contributed by atoms with Gasteiger partial charge in [0.25, 0.3) is 0 Å². The van der Waals surface area contributed by atoms with E-state index in [1.165, 1.54) is 59.2 Å². The summed E-state index contributed by atoms with van der Waals surface area (Å²) in [6, 6.07) is 44.0. The number of hydrogen-bond acceptors (Lipinski definition) is 4. The molecular weight excluding hydrogens is 593 g/mol. The Hall–Kier alpha value is -5.65. The molecule has 2 aromatic heterocycles. The van der Waals surface area contributed by atoms with Crippen LogP contribution in [0.1, 0.15) is 11.5 Å². The van der Waals surface area contributed by atoms with Crippen LogP contribution in [-0.2, 0) is 0 Å². The number of aromatic nitrogens is 3. The highest BCUT2D eigenvalue weighted by molar-refractivity contribution is 7.99. The molecule has 0 fully saturated rings. The minimum atomic E-state index is 0.0599. The van der Waals surface area contributed by atoms with Crippen LogP contribution in [0.25, 0.3) is 60.4 Å². The van der Waals surface area contributed by atoms with Gasteiger partial charge in [0, 0.05) is 48.7 Å². The van der Waals surface area contributed by atoms with Crippen molar-refractivity contribution in [2.24, 2.45) is 0 Å². The van der Waals surface area contributed by atoms with E-state index in [0.717, 1.165) is 28.2 Å². The van der Waals surface area contributed by atoms with Crippen LogP contribution in [0.2, 0.25) is 0 Å². The molecule has 2 unspecified atom stereocenters. The summed E-state index contributed by atoms with van der Waals surface area (Å²) in [4.78, 5) is 15.5. The third-order valence-corrected chi connectivity index (χ3v) is 11.2. The van der Waals surface area contributed by atoms with Gasteiger partial charge in [-0.3, -0.25) is 0 Å². The van der Waals surface area contributed by atoms with E-state index >= 15 is 0 Å². The summed E-state index contributed by atoms with van der Waals surface area (Å²) in [5.74, 6) is 0.889. The van der Waals surface area contributed by atoms with Gasteiger partial charge in [-0.25, -0.2) is 9.97 Å². The second kappa shape index (κ2) is 9.44. The quantitative estimate of drug-likeness (QED) is 0.193. The minimum Gasteiger partial charge on any atom is -0.309 e. The Bertz CT molecular complexity index is 2700. The van der Waals surface area contributed by atoms with Crippen LogP contribution in [0, 0.1) is 0 Å². The van der Waals surface area contributed by atoms with E-state index in [1.807, 2.05) is 0 Å². The lowest BCUT2D eigenvalue weighted by Gasteiger charge is -2.28. The molecule has 0 bridgehead atoms. The zero-order valence-corrected chi connectivity index (χ0v) is 26.0. The Morgan fingerprint density at radius 2 is 1.47 bits per heavy atom. The SMILES string of the molecule is C1=CC2c3c(ccc4c5ccccc5n(-c5ccc6ccccc6c5)c34)N(c3nc4c5c(cccc5n3)Sc3ccccc3-4)C2C=C1. The van der Waals surface area contributed by atoms with Crippen molar-refractivity contribution in [3.05, 3.63) is 151 Å². The van der Waals surface area contributed by atoms with Crippen molar-refractivity contribution in [3.8, 4) is 16.9 Å². The van der Waals surface area contributed by atoms with Crippen LogP contribution in [-0.4, -0.2) is 20.6 Å². The predicted molar refractivity (Wildman–Crippen MR) is 194 cm³/mol. The van der Waals surface area contributed by atoms with Gasteiger partial charge in [-0.05, 0) is 53.2 Å². The molecule has 47 heavy (non-hydrogen) atoms. The second-order valence-electron chi connectivity index (χ2n) is 12.6. The normalized spacial score (nSPS) is 17.5. The van der Waals surface area contributed by atoms with Gasteiger partial charge in [-0.1, -0.05) is 115 Å². The van der Waals surface area contributed by atoms with E-state index in [2.05, 4.69) is 155 Å². The molecule has 3 aliphatic rings. The Balaban J connectivity index is 1.21. The van der Waals surface area contributed by atoms with Gasteiger partial charge in [0.05, 0.1) is 34.0 Å². The van der Waals surface area contributed by atoms with Crippen molar-refractivity contribution in [1.29, 1.82) is 0 Å². The average Bonchev–Trinajstić information content (AvgIpc) is 3.64. The lowest BCUT2D eigenvalue weighted by atomic mass is 9.90. The summed E-state index contributed by atoms with van der Waals surface area (Å²) in [6.07, 6.45) is 9.05. The highest BCUT2D eigenvalue weighted by Gasteiger charge is 2.41. The molecule has 6 aromatic carbocycles. The molecule has 4 nitrogen and oxygen atoms in total. The minimum absolute atomic E-state index is 0.0599. The topological polar surface area (TPSA) is 34.0 Å². The average molecular weight is 619 g/mol. The highest BCUT2D eigenvalue weighted by Crippen LogP contribution is 2.53. The van der Waals surface area contributed by atoms with Crippen molar-refractivity contribution in [3.63, 3.8) is 0 Å². The molecular formula is C42H26N4S. The molecule has 2 atom stereocenters. The lowest BCUT2D eigenvalue weighted by molar-refractivity contribution is 0.732. The standard InChI is InChI=1S/C42H26N4S/c1-2-11-26-24-27(21-20-25(26)10-1)45-33-16-6-3-12-28(33)29-22-23-35-38(41(29)45)30-13-4-7-17-34(30)46(35)42-43-32-15-9-19-37-39(32)40(44-42)31-14-5-8-18-36(31)47-37/h1-24,30,34H. The molecule has 2 aliphatic heterocycles. The lowest BCUT2D eigenvalue weighted by Crippen LogP contribution is -2.30. The first-order chi connectivity index (χ1) is 23.3. The van der Waals surface area contributed by atoms with E-state index in [4.69, 9.17) is 9.97 Å². The molecule has 5 heteroatoms. The maximum Gasteiger partial charge on any atom is 0.231 e. The predicted octanol–water partition coefficient (Wildman–Crippen LogP) is 10.7. The summed E-state index contributed by atoms with van der Waals surface area (Å²) in [5.41, 5.74) is 9.28. The molecule has 0 spiro atoms. The van der Waals surface area contributed by atoms with E-state index in [1.54, 1.807) is 11.8 Å². The third-order valence-electron chi connectivity index (χ3n) is 10.1. The van der Waals surface area contributed by atoms with Gasteiger partial charge in [0.15, 0.2) is 0 Å². The molecule has 11 rings (SSSR count). The number of rotatable bonds is 2. The van der Waals surface area contributed by atoms with Crippen molar-refractivity contribution in [2.45, 2.75) is 21.8 Å². The zero-order chi connectivity index (χ0) is 30.6. The molecule has 0 radical (unpaired) electrons. The summed E-state index contributed by atoms with van der Waals surface area (Å²) >= 11 is 1.81. The highest BCUT2D eigenvalue weighted by atomic mass is 32.2. The van der Waals surface area contributed by atoms with E-state index < -0.39 is 0 Å². The van der Waals surface area contributed by atoms with Crippen molar-refractivity contribution in [2.75, 3.05) is 4.90 Å². The van der Waals surface area contributed by atoms with E-state index in [0.29, 0.717) is 0 Å². The van der Waals surface area contributed by atoms with Crippen LogP contribution >= 0.6 is 11.8 Å². The third kappa shape index (κ3) is 3.49. The second-order valence-corrected chi connectivity index (χ2v) is 13.6. The molecule has 0 saturated carbocycles. The van der Waals surface area contributed by atoms with Gasteiger partial charge in [-0.15, -0.1) is 0 Å². The molecule has 0 amide bonds. The monoisotopic (exact) mass is 618 g/mol. The summed E-state index contributed by atoms with van der Waals surface area (Å²) in [5, 5.41) is 6.15. The summed E-state index contributed by atoms with van der Waals surface area (Å²) in [6.45, 7) is 0. The summed E-state index contributed by atoms with van der Waals surface area (Å²) < 4.78 is 2.48. The largest absolute Gasteiger partial charge is 0.309 e. The van der Waals surface area contributed by atoms with E-state index in [-0.39, 0.29) is 12.0 Å². The Morgan fingerprint density at radius 1 is 0.638 bits per heavy atom. The molecule has 0 saturated heterocycles. The first-order valence-electron chi connectivity index (χ1n) is 16.1. The van der Waals surface area contributed by atoms with Gasteiger partial charge < -0.3 is 9.47 Å². The fraction of sp³-hybridized carbons (Fsp3) is 0.0476. The Kier molecular flexibility index (Phi) is 5.13. The van der Waals surface area contributed by atoms with Crippen LogP contribution in [0.3, 0.4) is 0 Å². The first kappa shape index (κ1) is 25.5. The molecule has 0 N–H and O–H groups in total. The Morgan fingerprint density at radius 3 is 2.45 bits per heavy atom. The van der Waals surface area contributed by atoms with Gasteiger partial charge in [-0.2, -0.15) is 0 Å². The van der Waals surface area contributed by atoms with Crippen molar-refractivity contribution < 1.29 is 0 Å². The summed E-state index contributed by atoms with van der Waals surface area (Å²) in [7, 11) is 0. The smallest absolute Gasteiger partial charge is 0.231 e. The number of benzene rings is 6. The number of para-hydroxylation sites is 1. The van der Waals surface area contributed by atoms with Crippen molar-refractivity contribution in [1.82, 2.24) is 14.5 Å². The van der Waals surface area contributed by atoms with E-state index in [9.17, 15) is 0 Å². The van der Waals surface area contributed by atoms with Crippen LogP contribution in [0.15, 0.2) is 155 Å². The molecule has 4 heterocycles. The van der Waals surface area contributed by atoms with Crippen LogP contribution in [0.5, 0.6) is 0 Å². The van der Waals surface area contributed by atoms with Crippen LogP contribution < -0.4 is 4.90 Å². The zero-order valence-electron chi connectivity index (χ0n) is 25.2. The molecule has 220 valence electrons. The van der Waals surface area contributed by atoms with Gasteiger partial charge >= 0.3 is 0 Å². The Labute approximate surface area is 275 Å². The molecule has 1 aliphatic carbocycles. The maximum atomic E-state index is 5.42. The number of allylic oxidation sites excluding steroid dienone is 2.